The Labute approximate surface area is 153 Å². The number of hydrogen-bond donors (Lipinski definition) is 1. The summed E-state index contributed by atoms with van der Waals surface area (Å²) in [7, 11) is 0. The van der Waals surface area contributed by atoms with Crippen LogP contribution in [0.2, 0.25) is 0 Å². The Hall–Kier alpha value is -2.69. The maximum absolute atomic E-state index is 12.9. The lowest BCUT2D eigenvalue weighted by molar-refractivity contribution is -0.131. The molecule has 0 aromatic heterocycles. The second-order valence-electron chi connectivity index (χ2n) is 6.75. The lowest BCUT2D eigenvalue weighted by atomic mass is 10.0. The van der Waals surface area contributed by atoms with Crippen LogP contribution in [0, 0.1) is 12.7 Å². The average Bonchev–Trinajstić information content (AvgIpc) is 2.64. The number of rotatable bonds is 4. The molecule has 0 radical (unpaired) electrons. The number of piperidine rings is 1. The van der Waals surface area contributed by atoms with Gasteiger partial charge in [0.2, 0.25) is 5.91 Å². The number of benzene rings is 2. The van der Waals surface area contributed by atoms with Crippen molar-refractivity contribution in [2.24, 2.45) is 0 Å². The number of likely N-dealkylation sites (tertiary alicyclic amines) is 1. The SMILES string of the molecule is Cc1ccccc1C(=O)NC1CCN(C(=O)Cc2ccc(F)cc2)CC1. The van der Waals surface area contributed by atoms with E-state index in [1.54, 1.807) is 12.1 Å². The van der Waals surface area contributed by atoms with Crippen LogP contribution in [0.15, 0.2) is 48.5 Å². The van der Waals surface area contributed by atoms with Gasteiger partial charge in [0, 0.05) is 24.7 Å². The minimum absolute atomic E-state index is 0.0419. The van der Waals surface area contributed by atoms with E-state index in [4.69, 9.17) is 0 Å². The molecule has 2 aromatic rings. The zero-order valence-corrected chi connectivity index (χ0v) is 14.9. The van der Waals surface area contributed by atoms with E-state index in [2.05, 4.69) is 5.32 Å². The van der Waals surface area contributed by atoms with Crippen molar-refractivity contribution in [3.05, 3.63) is 71.0 Å². The van der Waals surface area contributed by atoms with Gasteiger partial charge in [-0.05, 0) is 49.1 Å². The molecule has 0 bridgehead atoms. The minimum Gasteiger partial charge on any atom is -0.349 e. The third kappa shape index (κ3) is 4.48. The molecule has 2 aromatic carbocycles. The van der Waals surface area contributed by atoms with Crippen molar-refractivity contribution in [2.45, 2.75) is 32.2 Å². The lowest BCUT2D eigenvalue weighted by Gasteiger charge is -2.32. The standard InChI is InChI=1S/C21H23FN2O2/c1-15-4-2-3-5-19(15)21(26)23-18-10-12-24(13-11-18)20(25)14-16-6-8-17(22)9-7-16/h2-9,18H,10-14H2,1H3,(H,23,26). The van der Waals surface area contributed by atoms with Crippen molar-refractivity contribution in [2.75, 3.05) is 13.1 Å². The van der Waals surface area contributed by atoms with Crippen molar-refractivity contribution < 1.29 is 14.0 Å². The van der Waals surface area contributed by atoms with Crippen LogP contribution in [0.25, 0.3) is 0 Å². The van der Waals surface area contributed by atoms with Gasteiger partial charge < -0.3 is 10.2 Å². The Morgan fingerprint density at radius 1 is 1.08 bits per heavy atom. The molecule has 4 nitrogen and oxygen atoms in total. The quantitative estimate of drug-likeness (QED) is 0.917. The highest BCUT2D eigenvalue weighted by atomic mass is 19.1. The molecule has 3 rings (SSSR count). The Kier molecular flexibility index (Phi) is 5.66. The van der Waals surface area contributed by atoms with E-state index < -0.39 is 0 Å². The Balaban J connectivity index is 1.49. The molecular weight excluding hydrogens is 331 g/mol. The van der Waals surface area contributed by atoms with Crippen LogP contribution in [-0.2, 0) is 11.2 Å². The van der Waals surface area contributed by atoms with Crippen LogP contribution in [0.5, 0.6) is 0 Å². The maximum atomic E-state index is 12.9. The van der Waals surface area contributed by atoms with Gasteiger partial charge in [-0.25, -0.2) is 4.39 Å². The number of nitrogens with one attached hydrogen (secondary N) is 1. The largest absolute Gasteiger partial charge is 0.349 e. The average molecular weight is 354 g/mol. The third-order valence-electron chi connectivity index (χ3n) is 4.84. The summed E-state index contributed by atoms with van der Waals surface area (Å²) in [6.45, 7) is 3.17. The van der Waals surface area contributed by atoms with Crippen LogP contribution in [-0.4, -0.2) is 35.8 Å². The fourth-order valence-electron chi connectivity index (χ4n) is 3.25. The highest BCUT2D eigenvalue weighted by Crippen LogP contribution is 2.14. The van der Waals surface area contributed by atoms with E-state index in [-0.39, 0.29) is 30.1 Å². The molecule has 0 aliphatic carbocycles. The molecule has 1 aliphatic heterocycles. The summed E-state index contributed by atoms with van der Waals surface area (Å²) in [4.78, 5) is 26.6. The van der Waals surface area contributed by atoms with Crippen LogP contribution in [0.1, 0.15) is 34.3 Å². The molecule has 0 saturated carbocycles. The maximum Gasteiger partial charge on any atom is 0.251 e. The molecular formula is C21H23FN2O2. The van der Waals surface area contributed by atoms with Crippen molar-refractivity contribution in [3.63, 3.8) is 0 Å². The summed E-state index contributed by atoms with van der Waals surface area (Å²) in [5, 5.41) is 3.07. The summed E-state index contributed by atoms with van der Waals surface area (Å²) in [6, 6.07) is 13.6. The minimum atomic E-state index is -0.300. The number of nitrogens with zero attached hydrogens (tertiary/aromatic N) is 1. The van der Waals surface area contributed by atoms with E-state index in [9.17, 15) is 14.0 Å². The molecule has 1 fully saturated rings. The van der Waals surface area contributed by atoms with E-state index in [0.717, 1.165) is 24.0 Å². The van der Waals surface area contributed by atoms with Crippen LogP contribution < -0.4 is 5.32 Å². The van der Waals surface area contributed by atoms with Gasteiger partial charge in [-0.3, -0.25) is 9.59 Å². The summed E-state index contributed by atoms with van der Waals surface area (Å²) in [5.41, 5.74) is 2.46. The third-order valence-corrected chi connectivity index (χ3v) is 4.84. The van der Waals surface area contributed by atoms with Crippen LogP contribution in [0.4, 0.5) is 4.39 Å². The summed E-state index contributed by atoms with van der Waals surface area (Å²) < 4.78 is 12.9. The van der Waals surface area contributed by atoms with Crippen molar-refractivity contribution in [1.29, 1.82) is 0 Å². The number of halogens is 1. The lowest BCUT2D eigenvalue weighted by Crippen LogP contribution is -2.47. The van der Waals surface area contributed by atoms with Gasteiger partial charge in [0.25, 0.3) is 5.91 Å². The zero-order chi connectivity index (χ0) is 18.5. The van der Waals surface area contributed by atoms with Gasteiger partial charge in [0.05, 0.1) is 6.42 Å². The topological polar surface area (TPSA) is 49.4 Å². The molecule has 0 atom stereocenters. The summed E-state index contributed by atoms with van der Waals surface area (Å²) in [5.74, 6) is -0.314. The van der Waals surface area contributed by atoms with Gasteiger partial charge in [-0.15, -0.1) is 0 Å². The molecule has 1 N–H and O–H groups in total. The highest BCUT2D eigenvalue weighted by Gasteiger charge is 2.24. The van der Waals surface area contributed by atoms with Crippen LogP contribution in [0.3, 0.4) is 0 Å². The number of carbonyl (C=O) groups excluding carboxylic acids is 2. The first kappa shape index (κ1) is 18.1. The second kappa shape index (κ2) is 8.13. The van der Waals surface area contributed by atoms with E-state index in [1.807, 2.05) is 36.1 Å². The van der Waals surface area contributed by atoms with E-state index >= 15 is 0 Å². The Bertz CT molecular complexity index is 781. The normalized spacial score (nSPS) is 14.9. The summed E-state index contributed by atoms with van der Waals surface area (Å²) >= 11 is 0. The molecule has 1 heterocycles. The number of aryl methyl sites for hydroxylation is 1. The molecule has 1 saturated heterocycles. The fourth-order valence-corrected chi connectivity index (χ4v) is 3.25. The van der Waals surface area contributed by atoms with Gasteiger partial charge >= 0.3 is 0 Å². The van der Waals surface area contributed by atoms with Crippen molar-refractivity contribution >= 4 is 11.8 Å². The van der Waals surface area contributed by atoms with Crippen molar-refractivity contribution in [1.82, 2.24) is 10.2 Å². The van der Waals surface area contributed by atoms with Crippen LogP contribution >= 0.6 is 0 Å². The zero-order valence-electron chi connectivity index (χ0n) is 14.9. The number of amides is 2. The molecule has 2 amide bonds. The molecule has 5 heteroatoms. The number of carbonyl (C=O) groups is 2. The molecule has 136 valence electrons. The molecule has 1 aliphatic rings. The second-order valence-corrected chi connectivity index (χ2v) is 6.75. The summed E-state index contributed by atoms with van der Waals surface area (Å²) in [6.07, 6.45) is 1.76. The fraction of sp³-hybridized carbons (Fsp3) is 0.333. The first-order valence-corrected chi connectivity index (χ1v) is 8.91. The van der Waals surface area contributed by atoms with E-state index in [1.165, 1.54) is 12.1 Å². The monoisotopic (exact) mass is 354 g/mol. The van der Waals surface area contributed by atoms with Gasteiger partial charge in [-0.1, -0.05) is 30.3 Å². The predicted molar refractivity (Wildman–Crippen MR) is 98.4 cm³/mol. The molecule has 26 heavy (non-hydrogen) atoms. The number of hydrogen-bond acceptors (Lipinski definition) is 2. The smallest absolute Gasteiger partial charge is 0.251 e. The molecule has 0 unspecified atom stereocenters. The Morgan fingerprint density at radius 2 is 1.73 bits per heavy atom. The predicted octanol–water partition coefficient (Wildman–Crippen LogP) is 3.10. The van der Waals surface area contributed by atoms with Gasteiger partial charge in [0.1, 0.15) is 5.82 Å². The first-order valence-electron chi connectivity index (χ1n) is 8.91. The Morgan fingerprint density at radius 3 is 2.38 bits per heavy atom. The van der Waals surface area contributed by atoms with Gasteiger partial charge in [0.15, 0.2) is 0 Å². The molecule has 0 spiro atoms. The van der Waals surface area contributed by atoms with E-state index in [0.29, 0.717) is 18.7 Å². The van der Waals surface area contributed by atoms with Gasteiger partial charge in [-0.2, -0.15) is 0 Å². The highest BCUT2D eigenvalue weighted by molar-refractivity contribution is 5.95. The van der Waals surface area contributed by atoms with Crippen molar-refractivity contribution in [3.8, 4) is 0 Å². The first-order chi connectivity index (χ1) is 12.5.